The van der Waals surface area contributed by atoms with Crippen molar-refractivity contribution in [1.82, 2.24) is 10.2 Å². The van der Waals surface area contributed by atoms with Crippen LogP contribution in [0.3, 0.4) is 0 Å². The Morgan fingerprint density at radius 2 is 1.96 bits per heavy atom. The fourth-order valence-electron chi connectivity index (χ4n) is 3.13. The topological polar surface area (TPSA) is 60.0 Å². The molecule has 6 nitrogen and oxygen atoms in total. The number of nitrogens with one attached hydrogen (secondary N) is 1. The first-order chi connectivity index (χ1) is 13.7. The third kappa shape index (κ3) is 5.58. The molecule has 2 aromatic rings. The summed E-state index contributed by atoms with van der Waals surface area (Å²) in [6.45, 7) is 3.77. The normalized spacial score (nSPS) is 16.1. The van der Waals surface area contributed by atoms with E-state index in [1.165, 1.54) is 4.88 Å². The van der Waals surface area contributed by atoms with Gasteiger partial charge in [0, 0.05) is 36.7 Å². The highest BCUT2D eigenvalue weighted by atomic mass is 32.1. The number of thiophene rings is 1. The minimum Gasteiger partial charge on any atom is -0.497 e. The molecule has 0 bridgehead atoms. The molecule has 0 radical (unpaired) electrons. The van der Waals surface area contributed by atoms with Crippen molar-refractivity contribution >= 4 is 23.3 Å². The second-order valence-corrected chi connectivity index (χ2v) is 7.38. The zero-order valence-electron chi connectivity index (χ0n) is 16.2. The van der Waals surface area contributed by atoms with Gasteiger partial charge in [-0.25, -0.2) is 0 Å². The molecule has 150 valence electrons. The van der Waals surface area contributed by atoms with Crippen LogP contribution in [0.15, 0.2) is 41.8 Å². The maximum absolute atomic E-state index is 12.4. The number of amides is 1. The molecule has 1 aliphatic heterocycles. The number of ether oxygens (including phenoxy) is 3. The first kappa shape index (κ1) is 20.4. The van der Waals surface area contributed by atoms with E-state index in [9.17, 15) is 4.79 Å². The van der Waals surface area contributed by atoms with Crippen molar-refractivity contribution in [2.45, 2.75) is 6.04 Å². The highest BCUT2D eigenvalue weighted by molar-refractivity contribution is 7.10. The Balaban J connectivity index is 1.62. The van der Waals surface area contributed by atoms with Gasteiger partial charge in [-0.1, -0.05) is 6.07 Å². The van der Waals surface area contributed by atoms with Gasteiger partial charge in [-0.2, -0.15) is 0 Å². The van der Waals surface area contributed by atoms with Crippen LogP contribution in [0.1, 0.15) is 16.5 Å². The zero-order valence-corrected chi connectivity index (χ0v) is 17.0. The molecular formula is C21H26N2O4S. The zero-order chi connectivity index (χ0) is 19.8. The summed E-state index contributed by atoms with van der Waals surface area (Å²) in [5.41, 5.74) is 0.842. The Hall–Kier alpha value is -2.35. The monoisotopic (exact) mass is 402 g/mol. The van der Waals surface area contributed by atoms with E-state index >= 15 is 0 Å². The molecule has 7 heteroatoms. The highest BCUT2D eigenvalue weighted by Gasteiger charge is 2.23. The second kappa shape index (κ2) is 10.3. The first-order valence-electron chi connectivity index (χ1n) is 9.24. The smallest absolute Gasteiger partial charge is 0.244 e. The van der Waals surface area contributed by atoms with Crippen molar-refractivity contribution in [3.8, 4) is 11.5 Å². The van der Waals surface area contributed by atoms with Crippen LogP contribution in [-0.2, 0) is 9.53 Å². The summed E-state index contributed by atoms with van der Waals surface area (Å²) in [6.07, 6.45) is 3.30. The summed E-state index contributed by atoms with van der Waals surface area (Å²) >= 11 is 1.72. The average Bonchev–Trinajstić information content (AvgIpc) is 3.27. The molecule has 1 unspecified atom stereocenters. The molecule has 1 aromatic heterocycles. The van der Waals surface area contributed by atoms with Crippen molar-refractivity contribution < 1.29 is 19.0 Å². The maximum atomic E-state index is 12.4. The fourth-order valence-corrected chi connectivity index (χ4v) is 3.99. The standard InChI is InChI=1S/C21H26N2O4S/c1-25-17-12-16(13-18(14-17)26-2)5-6-21(24)22-15-19(20-4-3-11-28-20)23-7-9-27-10-8-23/h3-6,11-14,19H,7-10,15H2,1-2H3,(H,22,24)/b6-5+. The third-order valence-corrected chi connectivity index (χ3v) is 5.60. The minimum absolute atomic E-state index is 0.128. The van der Waals surface area contributed by atoms with Crippen molar-refractivity contribution in [3.05, 3.63) is 52.2 Å². The molecule has 2 heterocycles. The van der Waals surface area contributed by atoms with Gasteiger partial charge in [0.2, 0.25) is 5.91 Å². The largest absolute Gasteiger partial charge is 0.497 e. The van der Waals surface area contributed by atoms with Gasteiger partial charge in [0.15, 0.2) is 0 Å². The molecule has 0 aliphatic carbocycles. The van der Waals surface area contributed by atoms with E-state index in [0.717, 1.165) is 31.9 Å². The molecule has 0 spiro atoms. The Kier molecular flexibility index (Phi) is 7.47. The average molecular weight is 403 g/mol. The number of morpholine rings is 1. The van der Waals surface area contributed by atoms with Crippen LogP contribution < -0.4 is 14.8 Å². The Labute approximate surface area is 169 Å². The van der Waals surface area contributed by atoms with Crippen molar-refractivity contribution in [3.63, 3.8) is 0 Å². The molecule has 1 atom stereocenters. The van der Waals surface area contributed by atoms with E-state index in [-0.39, 0.29) is 11.9 Å². The maximum Gasteiger partial charge on any atom is 0.244 e. The van der Waals surface area contributed by atoms with Gasteiger partial charge in [0.1, 0.15) is 11.5 Å². The minimum atomic E-state index is -0.128. The van der Waals surface area contributed by atoms with Gasteiger partial charge in [0.25, 0.3) is 0 Å². The molecule has 3 rings (SSSR count). The van der Waals surface area contributed by atoms with Gasteiger partial charge in [-0.05, 0) is 35.2 Å². The molecule has 1 aromatic carbocycles. The van der Waals surface area contributed by atoms with Gasteiger partial charge in [0.05, 0.1) is 33.5 Å². The molecule has 1 fully saturated rings. The van der Waals surface area contributed by atoms with E-state index in [2.05, 4.69) is 21.7 Å². The second-order valence-electron chi connectivity index (χ2n) is 6.40. The van der Waals surface area contributed by atoms with E-state index in [0.29, 0.717) is 18.0 Å². The van der Waals surface area contributed by atoms with Crippen LogP contribution in [0.5, 0.6) is 11.5 Å². The molecule has 1 N–H and O–H groups in total. The lowest BCUT2D eigenvalue weighted by Crippen LogP contribution is -2.43. The molecule has 1 saturated heterocycles. The van der Waals surface area contributed by atoms with Crippen LogP contribution in [0.4, 0.5) is 0 Å². The number of hydrogen-bond donors (Lipinski definition) is 1. The Morgan fingerprint density at radius 3 is 2.57 bits per heavy atom. The number of benzene rings is 1. The number of rotatable bonds is 8. The molecule has 0 saturated carbocycles. The lowest BCUT2D eigenvalue weighted by atomic mass is 10.1. The lowest BCUT2D eigenvalue weighted by Gasteiger charge is -2.34. The predicted molar refractivity (Wildman–Crippen MR) is 111 cm³/mol. The third-order valence-electron chi connectivity index (χ3n) is 4.63. The summed E-state index contributed by atoms with van der Waals surface area (Å²) in [4.78, 5) is 16.0. The number of methoxy groups -OCH3 is 2. The van der Waals surface area contributed by atoms with Crippen LogP contribution >= 0.6 is 11.3 Å². The molecule has 28 heavy (non-hydrogen) atoms. The molecular weight excluding hydrogens is 376 g/mol. The van der Waals surface area contributed by atoms with E-state index < -0.39 is 0 Å². The molecule has 1 aliphatic rings. The lowest BCUT2D eigenvalue weighted by molar-refractivity contribution is -0.116. The van der Waals surface area contributed by atoms with E-state index in [1.54, 1.807) is 43.8 Å². The van der Waals surface area contributed by atoms with Crippen molar-refractivity contribution in [2.75, 3.05) is 47.1 Å². The van der Waals surface area contributed by atoms with Crippen LogP contribution in [0, 0.1) is 0 Å². The van der Waals surface area contributed by atoms with Crippen molar-refractivity contribution in [1.29, 1.82) is 0 Å². The van der Waals surface area contributed by atoms with E-state index in [4.69, 9.17) is 14.2 Å². The quantitative estimate of drug-likeness (QED) is 0.688. The summed E-state index contributed by atoms with van der Waals surface area (Å²) in [5.74, 6) is 1.24. The summed E-state index contributed by atoms with van der Waals surface area (Å²) < 4.78 is 16.0. The van der Waals surface area contributed by atoms with Crippen LogP contribution in [0.2, 0.25) is 0 Å². The van der Waals surface area contributed by atoms with Crippen molar-refractivity contribution in [2.24, 2.45) is 0 Å². The molecule has 1 amide bonds. The number of carbonyl (C=O) groups excluding carboxylic acids is 1. The first-order valence-corrected chi connectivity index (χ1v) is 10.1. The van der Waals surface area contributed by atoms with Crippen LogP contribution in [-0.4, -0.2) is 57.9 Å². The summed E-state index contributed by atoms with van der Waals surface area (Å²) in [5, 5.41) is 5.10. The number of hydrogen-bond acceptors (Lipinski definition) is 6. The van der Waals surface area contributed by atoms with Gasteiger partial charge >= 0.3 is 0 Å². The predicted octanol–water partition coefficient (Wildman–Crippen LogP) is 2.97. The summed E-state index contributed by atoms with van der Waals surface area (Å²) in [7, 11) is 3.21. The Bertz CT molecular complexity index is 763. The SMILES string of the molecule is COc1cc(/C=C/C(=O)NCC(c2cccs2)N2CCOCC2)cc(OC)c1. The van der Waals surface area contributed by atoms with Gasteiger partial charge < -0.3 is 19.5 Å². The Morgan fingerprint density at radius 1 is 1.25 bits per heavy atom. The van der Waals surface area contributed by atoms with Gasteiger partial charge in [-0.3, -0.25) is 9.69 Å². The fraction of sp³-hybridized carbons (Fsp3) is 0.381. The van der Waals surface area contributed by atoms with Gasteiger partial charge in [-0.15, -0.1) is 11.3 Å². The number of nitrogens with zero attached hydrogens (tertiary/aromatic N) is 1. The highest BCUT2D eigenvalue weighted by Crippen LogP contribution is 2.26. The van der Waals surface area contributed by atoms with E-state index in [1.807, 2.05) is 18.2 Å². The number of carbonyl (C=O) groups is 1. The summed E-state index contributed by atoms with van der Waals surface area (Å²) in [6, 6.07) is 9.84. The van der Waals surface area contributed by atoms with Crippen LogP contribution in [0.25, 0.3) is 6.08 Å².